The first kappa shape index (κ1) is 24.2. The van der Waals surface area contributed by atoms with Gasteiger partial charge < -0.3 is 9.47 Å². The normalized spacial score (nSPS) is 11.2. The van der Waals surface area contributed by atoms with Crippen LogP contribution in [0.2, 0.25) is 10.0 Å². The number of ether oxygens (including phenoxy) is 2. The molecule has 0 unspecified atom stereocenters. The molecule has 0 aliphatic heterocycles. The molecule has 0 aliphatic rings. The summed E-state index contributed by atoms with van der Waals surface area (Å²) in [6.07, 6.45) is 4.19. The average molecular weight is 451 g/mol. The molecule has 0 bridgehead atoms. The lowest BCUT2D eigenvalue weighted by molar-refractivity contribution is -0.173. The zero-order valence-corrected chi connectivity index (χ0v) is 19.0. The largest absolute Gasteiger partial charge is 0.460 e. The van der Waals surface area contributed by atoms with E-state index >= 15 is 0 Å². The Bertz CT molecular complexity index is 755. The van der Waals surface area contributed by atoms with Crippen molar-refractivity contribution in [1.29, 1.82) is 0 Å². The predicted molar refractivity (Wildman–Crippen MR) is 119 cm³/mol. The minimum absolute atomic E-state index is 0.0744. The molecule has 30 heavy (non-hydrogen) atoms. The van der Waals surface area contributed by atoms with E-state index in [1.54, 1.807) is 55.5 Å². The standard InChI is InChI=1S/C24H28Cl2O4/c1-3-4-5-6-15-24(2,22(27)29-16-18-7-11-20(25)12-8-18)23(28)30-17-19-9-13-21(26)14-10-19/h7-14H,3-6,15-17H2,1-2H3. The number of carbonyl (C=O) groups excluding carboxylic acids is 2. The maximum absolute atomic E-state index is 12.9. The molecule has 0 saturated heterocycles. The molecule has 0 amide bonds. The van der Waals surface area contributed by atoms with Gasteiger partial charge in [-0.3, -0.25) is 9.59 Å². The highest BCUT2D eigenvalue weighted by molar-refractivity contribution is 6.30. The SMILES string of the molecule is CCCCCCC(C)(C(=O)OCc1ccc(Cl)cc1)C(=O)OCc1ccc(Cl)cc1. The van der Waals surface area contributed by atoms with Gasteiger partial charge in [0.05, 0.1) is 0 Å². The Hall–Kier alpha value is -2.04. The molecule has 2 rings (SSSR count). The third-order valence-electron chi connectivity index (χ3n) is 5.00. The lowest BCUT2D eigenvalue weighted by Gasteiger charge is -2.25. The molecule has 0 saturated carbocycles. The lowest BCUT2D eigenvalue weighted by Crippen LogP contribution is -2.39. The Morgan fingerprint density at radius 1 is 0.767 bits per heavy atom. The number of hydrogen-bond acceptors (Lipinski definition) is 4. The minimum Gasteiger partial charge on any atom is -0.460 e. The molecular formula is C24H28Cl2O4. The second-order valence-electron chi connectivity index (χ2n) is 7.55. The van der Waals surface area contributed by atoms with E-state index in [1.807, 2.05) is 0 Å². The van der Waals surface area contributed by atoms with E-state index in [4.69, 9.17) is 32.7 Å². The van der Waals surface area contributed by atoms with Gasteiger partial charge in [0.25, 0.3) is 0 Å². The van der Waals surface area contributed by atoms with Crippen molar-refractivity contribution in [2.45, 2.75) is 59.2 Å². The smallest absolute Gasteiger partial charge is 0.323 e. The highest BCUT2D eigenvalue weighted by Crippen LogP contribution is 2.30. The lowest BCUT2D eigenvalue weighted by atomic mass is 9.84. The fourth-order valence-electron chi connectivity index (χ4n) is 2.97. The monoisotopic (exact) mass is 450 g/mol. The second-order valence-corrected chi connectivity index (χ2v) is 8.42. The Balaban J connectivity index is 2.03. The van der Waals surface area contributed by atoms with Gasteiger partial charge in [0.15, 0.2) is 5.41 Å². The Morgan fingerprint density at radius 2 is 1.20 bits per heavy atom. The molecule has 0 aromatic heterocycles. The van der Waals surface area contributed by atoms with Gasteiger partial charge in [-0.15, -0.1) is 0 Å². The topological polar surface area (TPSA) is 52.6 Å². The van der Waals surface area contributed by atoms with Crippen LogP contribution in [0.3, 0.4) is 0 Å². The van der Waals surface area contributed by atoms with Gasteiger partial charge in [-0.2, -0.15) is 0 Å². The fourth-order valence-corrected chi connectivity index (χ4v) is 3.22. The maximum Gasteiger partial charge on any atom is 0.323 e. The summed E-state index contributed by atoms with van der Waals surface area (Å²) in [6.45, 7) is 3.86. The van der Waals surface area contributed by atoms with Crippen LogP contribution >= 0.6 is 23.2 Å². The van der Waals surface area contributed by atoms with Gasteiger partial charge in [0.1, 0.15) is 13.2 Å². The summed E-state index contributed by atoms with van der Waals surface area (Å²) in [5, 5.41) is 1.22. The van der Waals surface area contributed by atoms with E-state index in [-0.39, 0.29) is 13.2 Å². The zero-order valence-electron chi connectivity index (χ0n) is 17.5. The molecule has 2 aromatic rings. The molecule has 0 atom stereocenters. The number of rotatable bonds is 11. The molecule has 0 aliphatic carbocycles. The van der Waals surface area contributed by atoms with Gasteiger partial charge in [-0.1, -0.05) is 80.1 Å². The van der Waals surface area contributed by atoms with Crippen LogP contribution in [-0.4, -0.2) is 11.9 Å². The van der Waals surface area contributed by atoms with Crippen LogP contribution in [0, 0.1) is 5.41 Å². The van der Waals surface area contributed by atoms with Crippen molar-refractivity contribution in [3.63, 3.8) is 0 Å². The van der Waals surface area contributed by atoms with E-state index < -0.39 is 17.4 Å². The van der Waals surface area contributed by atoms with Crippen molar-refractivity contribution in [2.24, 2.45) is 5.41 Å². The van der Waals surface area contributed by atoms with Crippen molar-refractivity contribution >= 4 is 35.1 Å². The summed E-state index contributed by atoms with van der Waals surface area (Å²) in [6, 6.07) is 14.1. The van der Waals surface area contributed by atoms with Gasteiger partial charge in [0, 0.05) is 10.0 Å². The summed E-state index contributed by atoms with van der Waals surface area (Å²) in [4.78, 5) is 25.8. The molecule has 0 heterocycles. The number of benzene rings is 2. The van der Waals surface area contributed by atoms with Gasteiger partial charge >= 0.3 is 11.9 Å². The Morgan fingerprint density at radius 3 is 1.60 bits per heavy atom. The number of esters is 2. The van der Waals surface area contributed by atoms with E-state index in [0.717, 1.165) is 36.8 Å². The third-order valence-corrected chi connectivity index (χ3v) is 5.50. The number of carbonyl (C=O) groups is 2. The fraction of sp³-hybridized carbons (Fsp3) is 0.417. The first-order valence-corrected chi connectivity index (χ1v) is 10.9. The summed E-state index contributed by atoms with van der Waals surface area (Å²) < 4.78 is 11.0. The summed E-state index contributed by atoms with van der Waals surface area (Å²) in [5.74, 6) is -1.15. The first-order chi connectivity index (χ1) is 14.3. The van der Waals surface area contributed by atoms with Gasteiger partial charge in [-0.25, -0.2) is 0 Å². The van der Waals surface area contributed by atoms with Crippen LogP contribution in [0.4, 0.5) is 0 Å². The Labute approximate surface area is 188 Å². The van der Waals surface area contributed by atoms with E-state index in [2.05, 4.69) is 6.92 Å². The first-order valence-electron chi connectivity index (χ1n) is 10.2. The van der Waals surface area contributed by atoms with E-state index in [0.29, 0.717) is 16.5 Å². The number of halogens is 2. The van der Waals surface area contributed by atoms with Gasteiger partial charge in [-0.05, 0) is 48.7 Å². The van der Waals surface area contributed by atoms with Crippen LogP contribution < -0.4 is 0 Å². The van der Waals surface area contributed by atoms with Crippen molar-refractivity contribution in [1.82, 2.24) is 0 Å². The van der Waals surface area contributed by atoms with Crippen LogP contribution in [-0.2, 0) is 32.3 Å². The van der Waals surface area contributed by atoms with Crippen molar-refractivity contribution in [3.8, 4) is 0 Å². The van der Waals surface area contributed by atoms with Gasteiger partial charge in [0.2, 0.25) is 0 Å². The number of hydrogen-bond donors (Lipinski definition) is 0. The van der Waals surface area contributed by atoms with Crippen molar-refractivity contribution in [3.05, 3.63) is 69.7 Å². The quantitative estimate of drug-likeness (QED) is 0.215. The summed E-state index contributed by atoms with van der Waals surface area (Å²) in [7, 11) is 0. The summed E-state index contributed by atoms with van der Waals surface area (Å²) >= 11 is 11.8. The average Bonchev–Trinajstić information content (AvgIpc) is 2.75. The molecule has 0 radical (unpaired) electrons. The van der Waals surface area contributed by atoms with Crippen LogP contribution in [0.25, 0.3) is 0 Å². The zero-order chi connectivity index (χ0) is 22.0. The molecule has 162 valence electrons. The molecular weight excluding hydrogens is 423 g/mol. The molecule has 6 heteroatoms. The highest BCUT2D eigenvalue weighted by atomic mass is 35.5. The van der Waals surface area contributed by atoms with Crippen LogP contribution in [0.5, 0.6) is 0 Å². The maximum atomic E-state index is 12.9. The molecule has 2 aromatic carbocycles. The predicted octanol–water partition coefficient (Wildman–Crippen LogP) is 6.76. The number of unbranched alkanes of at least 4 members (excludes halogenated alkanes) is 3. The van der Waals surface area contributed by atoms with Crippen LogP contribution in [0.15, 0.2) is 48.5 Å². The van der Waals surface area contributed by atoms with Crippen LogP contribution in [0.1, 0.15) is 57.1 Å². The summed E-state index contributed by atoms with van der Waals surface area (Å²) in [5.41, 5.74) is 0.248. The molecule has 4 nitrogen and oxygen atoms in total. The van der Waals surface area contributed by atoms with E-state index in [9.17, 15) is 9.59 Å². The van der Waals surface area contributed by atoms with E-state index in [1.165, 1.54) is 0 Å². The molecule has 0 N–H and O–H groups in total. The minimum atomic E-state index is -1.35. The van der Waals surface area contributed by atoms with Crippen molar-refractivity contribution in [2.75, 3.05) is 0 Å². The van der Waals surface area contributed by atoms with Crippen molar-refractivity contribution < 1.29 is 19.1 Å². The molecule has 0 spiro atoms. The molecule has 0 fully saturated rings. The third kappa shape index (κ3) is 7.33. The second kappa shape index (κ2) is 12.0. The Kier molecular flexibility index (Phi) is 9.67. The highest BCUT2D eigenvalue weighted by Gasteiger charge is 2.44.